The number of likely N-dealkylation sites (N-methyl/N-ethyl adjacent to an activating group) is 1. The van der Waals surface area contributed by atoms with Gasteiger partial charge < -0.3 is 19.9 Å². The minimum absolute atomic E-state index is 0. The van der Waals surface area contributed by atoms with Crippen LogP contribution in [0.2, 0.25) is 5.02 Å². The second-order valence-electron chi connectivity index (χ2n) is 5.86. The second-order valence-corrected chi connectivity index (χ2v) is 6.27. The third kappa shape index (κ3) is 6.54. The first-order valence-electron chi connectivity index (χ1n) is 8.15. The van der Waals surface area contributed by atoms with Crippen molar-refractivity contribution in [1.29, 1.82) is 0 Å². The molecule has 25 heavy (non-hydrogen) atoms. The van der Waals surface area contributed by atoms with E-state index in [-0.39, 0.29) is 42.5 Å². The maximum absolute atomic E-state index is 11.7. The highest BCUT2D eigenvalue weighted by Gasteiger charge is 2.27. The smallest absolute Gasteiger partial charge is 0.243 e. The van der Waals surface area contributed by atoms with Crippen molar-refractivity contribution in [2.45, 2.75) is 19.4 Å². The van der Waals surface area contributed by atoms with Crippen LogP contribution in [0.15, 0.2) is 29.3 Å². The van der Waals surface area contributed by atoms with E-state index in [1.807, 2.05) is 31.2 Å². The molecule has 2 rings (SSSR count). The summed E-state index contributed by atoms with van der Waals surface area (Å²) in [6.07, 6.45) is 0.940. The van der Waals surface area contributed by atoms with Crippen LogP contribution in [-0.2, 0) is 4.79 Å². The van der Waals surface area contributed by atoms with Crippen LogP contribution in [0.4, 0.5) is 0 Å². The Balaban J connectivity index is 0.00000312. The topological polar surface area (TPSA) is 57.2 Å². The second kappa shape index (κ2) is 10.7. The number of nitrogens with zero attached hydrogens (tertiary/aromatic N) is 3. The van der Waals surface area contributed by atoms with E-state index in [1.165, 1.54) is 0 Å². The van der Waals surface area contributed by atoms with Crippen molar-refractivity contribution < 1.29 is 9.53 Å². The van der Waals surface area contributed by atoms with E-state index in [9.17, 15) is 4.79 Å². The van der Waals surface area contributed by atoms with Gasteiger partial charge in [0.05, 0.1) is 11.6 Å². The molecule has 140 valence electrons. The molecule has 1 heterocycles. The van der Waals surface area contributed by atoms with Crippen LogP contribution in [-0.4, -0.2) is 68.0 Å². The quantitative estimate of drug-likeness (QED) is 0.400. The van der Waals surface area contributed by atoms with E-state index >= 15 is 0 Å². The van der Waals surface area contributed by atoms with Crippen molar-refractivity contribution in [2.75, 3.05) is 40.3 Å². The van der Waals surface area contributed by atoms with Gasteiger partial charge in [0.15, 0.2) is 5.96 Å². The van der Waals surface area contributed by atoms with Crippen LogP contribution in [0, 0.1) is 0 Å². The Morgan fingerprint density at radius 3 is 2.80 bits per heavy atom. The van der Waals surface area contributed by atoms with Gasteiger partial charge in [-0.3, -0.25) is 4.79 Å². The van der Waals surface area contributed by atoms with E-state index in [1.54, 1.807) is 19.0 Å². The Kier molecular flexibility index (Phi) is 9.34. The number of hydrogen-bond donors (Lipinski definition) is 1. The molecule has 1 aromatic rings. The van der Waals surface area contributed by atoms with Crippen molar-refractivity contribution in [3.05, 3.63) is 29.3 Å². The zero-order valence-electron chi connectivity index (χ0n) is 14.9. The molecule has 0 bridgehead atoms. The molecule has 1 atom stereocenters. The Labute approximate surface area is 171 Å². The molecule has 1 aliphatic heterocycles. The summed E-state index contributed by atoms with van der Waals surface area (Å²) in [6.45, 7) is 4.45. The number of hydrogen-bond acceptors (Lipinski definition) is 3. The standard InChI is InChI=1S/C17H25ClN4O2.HI/c1-4-19-17(20-11-16(23)21(2)3)22-10-9-13(12-22)24-15-8-6-5-7-14(15)18;/h5-8,13H,4,9-12H2,1-3H3,(H,19,20);1H. The number of guanidine groups is 1. The van der Waals surface area contributed by atoms with Gasteiger partial charge in [0.1, 0.15) is 18.4 Å². The van der Waals surface area contributed by atoms with Crippen molar-refractivity contribution >= 4 is 47.4 Å². The van der Waals surface area contributed by atoms with E-state index in [0.717, 1.165) is 25.5 Å². The highest BCUT2D eigenvalue weighted by atomic mass is 127. The highest BCUT2D eigenvalue weighted by Crippen LogP contribution is 2.26. The molecule has 1 aliphatic rings. The average Bonchev–Trinajstić information content (AvgIpc) is 3.01. The number of ether oxygens (including phenoxy) is 1. The Bertz CT molecular complexity index is 598. The molecule has 8 heteroatoms. The van der Waals surface area contributed by atoms with Crippen LogP contribution in [0.3, 0.4) is 0 Å². The molecule has 1 aromatic carbocycles. The predicted octanol–water partition coefficient (Wildman–Crippen LogP) is 2.46. The van der Waals surface area contributed by atoms with Gasteiger partial charge in [-0.1, -0.05) is 23.7 Å². The van der Waals surface area contributed by atoms with Gasteiger partial charge in [0, 0.05) is 33.6 Å². The number of halogens is 2. The molecule has 1 amide bonds. The minimum Gasteiger partial charge on any atom is -0.487 e. The maximum atomic E-state index is 11.7. The normalized spacial score (nSPS) is 17.0. The molecule has 0 aromatic heterocycles. The molecule has 1 saturated heterocycles. The van der Waals surface area contributed by atoms with E-state index in [4.69, 9.17) is 16.3 Å². The van der Waals surface area contributed by atoms with Crippen molar-refractivity contribution in [3.8, 4) is 5.75 Å². The Morgan fingerprint density at radius 2 is 2.16 bits per heavy atom. The summed E-state index contributed by atoms with van der Waals surface area (Å²) in [4.78, 5) is 19.8. The molecule has 1 N–H and O–H groups in total. The number of para-hydroxylation sites is 1. The average molecular weight is 481 g/mol. The van der Waals surface area contributed by atoms with Crippen molar-refractivity contribution in [1.82, 2.24) is 15.1 Å². The fourth-order valence-corrected chi connectivity index (χ4v) is 2.63. The van der Waals surface area contributed by atoms with Crippen molar-refractivity contribution in [3.63, 3.8) is 0 Å². The number of amides is 1. The zero-order chi connectivity index (χ0) is 17.5. The Morgan fingerprint density at radius 1 is 1.44 bits per heavy atom. The SMILES string of the molecule is CCNC(=NCC(=O)N(C)C)N1CCC(Oc2ccccc2Cl)C1.I. The summed E-state index contributed by atoms with van der Waals surface area (Å²) in [5, 5.41) is 3.86. The van der Waals surface area contributed by atoms with Gasteiger partial charge in [0.2, 0.25) is 5.91 Å². The fourth-order valence-electron chi connectivity index (χ4n) is 2.45. The maximum Gasteiger partial charge on any atom is 0.243 e. The molecule has 1 unspecified atom stereocenters. The lowest BCUT2D eigenvalue weighted by Gasteiger charge is -2.22. The summed E-state index contributed by atoms with van der Waals surface area (Å²) in [5.41, 5.74) is 0. The number of nitrogens with one attached hydrogen (secondary N) is 1. The third-order valence-corrected chi connectivity index (χ3v) is 4.08. The Hall–Kier alpha value is -1.22. The molecule has 0 spiro atoms. The lowest BCUT2D eigenvalue weighted by molar-refractivity contribution is -0.127. The number of likely N-dealkylation sites (tertiary alicyclic amines) is 1. The van der Waals surface area contributed by atoms with E-state index in [0.29, 0.717) is 17.3 Å². The molecular weight excluding hydrogens is 455 g/mol. The van der Waals surface area contributed by atoms with Crippen molar-refractivity contribution in [2.24, 2.45) is 4.99 Å². The van der Waals surface area contributed by atoms with Crippen LogP contribution in [0.1, 0.15) is 13.3 Å². The van der Waals surface area contributed by atoms with Gasteiger partial charge in [-0.2, -0.15) is 0 Å². The third-order valence-electron chi connectivity index (χ3n) is 3.77. The monoisotopic (exact) mass is 480 g/mol. The van der Waals surface area contributed by atoms with Crippen LogP contribution in [0.5, 0.6) is 5.75 Å². The van der Waals surface area contributed by atoms with Gasteiger partial charge in [-0.15, -0.1) is 24.0 Å². The summed E-state index contributed by atoms with van der Waals surface area (Å²) in [7, 11) is 3.46. The number of carbonyl (C=O) groups excluding carboxylic acids is 1. The summed E-state index contributed by atoms with van der Waals surface area (Å²) >= 11 is 6.15. The molecule has 0 saturated carbocycles. The van der Waals surface area contributed by atoms with Gasteiger partial charge >= 0.3 is 0 Å². The number of benzene rings is 1. The predicted molar refractivity (Wildman–Crippen MR) is 112 cm³/mol. The van der Waals surface area contributed by atoms with Crippen LogP contribution in [0.25, 0.3) is 0 Å². The lowest BCUT2D eigenvalue weighted by Crippen LogP contribution is -2.41. The first-order chi connectivity index (χ1) is 11.5. The molecule has 0 aliphatic carbocycles. The van der Waals surface area contributed by atoms with E-state index in [2.05, 4.69) is 15.2 Å². The van der Waals surface area contributed by atoms with Gasteiger partial charge in [-0.25, -0.2) is 4.99 Å². The van der Waals surface area contributed by atoms with Crippen LogP contribution < -0.4 is 10.1 Å². The molecule has 0 radical (unpaired) electrons. The fraction of sp³-hybridized carbons (Fsp3) is 0.529. The molecule has 6 nitrogen and oxygen atoms in total. The van der Waals surface area contributed by atoms with Gasteiger partial charge in [0.25, 0.3) is 0 Å². The largest absolute Gasteiger partial charge is 0.487 e. The van der Waals surface area contributed by atoms with Gasteiger partial charge in [-0.05, 0) is 19.1 Å². The lowest BCUT2D eigenvalue weighted by atomic mass is 10.3. The molecule has 1 fully saturated rings. The first-order valence-corrected chi connectivity index (χ1v) is 8.53. The van der Waals surface area contributed by atoms with Crippen LogP contribution >= 0.6 is 35.6 Å². The number of rotatable bonds is 5. The zero-order valence-corrected chi connectivity index (χ0v) is 18.0. The number of aliphatic imine (C=N–C) groups is 1. The summed E-state index contributed by atoms with van der Waals surface area (Å²) in [5.74, 6) is 1.43. The summed E-state index contributed by atoms with van der Waals surface area (Å²) < 4.78 is 6.00. The summed E-state index contributed by atoms with van der Waals surface area (Å²) in [6, 6.07) is 7.49. The molecular formula is C17H26ClIN4O2. The number of carbonyl (C=O) groups is 1. The van der Waals surface area contributed by atoms with E-state index < -0.39 is 0 Å². The highest BCUT2D eigenvalue weighted by molar-refractivity contribution is 14.0. The minimum atomic E-state index is -0.0199. The first kappa shape index (κ1) is 21.8.